The van der Waals surface area contributed by atoms with Gasteiger partial charge in [0.25, 0.3) is 0 Å². The molecule has 2 aliphatic carbocycles. The molecule has 0 unspecified atom stereocenters. The maximum absolute atomic E-state index is 12.4. The number of likely N-dealkylation sites (tertiary alicyclic amines) is 1. The van der Waals surface area contributed by atoms with Gasteiger partial charge < -0.3 is 0 Å². The van der Waals surface area contributed by atoms with Crippen molar-refractivity contribution in [1.29, 1.82) is 0 Å². The van der Waals surface area contributed by atoms with Crippen LogP contribution in [0.15, 0.2) is 0 Å². The highest BCUT2D eigenvalue weighted by Gasteiger charge is 2.54. The van der Waals surface area contributed by atoms with Crippen LogP contribution in [0.2, 0.25) is 0 Å². The number of carbonyl (C=O) groups excluding carboxylic acids is 2. The van der Waals surface area contributed by atoms with Gasteiger partial charge in [-0.15, -0.1) is 0 Å². The number of rotatable bonds is 1. The summed E-state index contributed by atoms with van der Waals surface area (Å²) in [6.07, 6.45) is 9.06. The zero-order chi connectivity index (χ0) is 11.2. The third-order valence-corrected chi connectivity index (χ3v) is 4.68. The summed E-state index contributed by atoms with van der Waals surface area (Å²) >= 11 is 0. The maximum Gasteiger partial charge on any atom is 0.236 e. The summed E-state index contributed by atoms with van der Waals surface area (Å²) in [5.41, 5.74) is -0.264. The molecular weight excluding hydrogens is 202 g/mol. The molecule has 16 heavy (non-hydrogen) atoms. The molecule has 3 heteroatoms. The molecule has 0 aromatic heterocycles. The zero-order valence-corrected chi connectivity index (χ0v) is 9.71. The minimum Gasteiger partial charge on any atom is -0.279 e. The minimum atomic E-state index is -0.264. The van der Waals surface area contributed by atoms with Gasteiger partial charge in [0.1, 0.15) is 0 Å². The SMILES string of the molecule is O=C1CC2(CCCC2)C(=O)N1C1CCCC1. The van der Waals surface area contributed by atoms with E-state index in [0.717, 1.165) is 38.5 Å². The largest absolute Gasteiger partial charge is 0.279 e. The van der Waals surface area contributed by atoms with E-state index in [9.17, 15) is 9.59 Å². The molecule has 0 bridgehead atoms. The summed E-state index contributed by atoms with van der Waals surface area (Å²) in [5, 5.41) is 0. The minimum absolute atomic E-state index is 0.110. The molecule has 3 fully saturated rings. The Morgan fingerprint density at radius 3 is 2.25 bits per heavy atom. The summed E-state index contributed by atoms with van der Waals surface area (Å²) in [5.74, 6) is 0.278. The van der Waals surface area contributed by atoms with Crippen LogP contribution in [0.5, 0.6) is 0 Å². The Hall–Kier alpha value is -0.860. The second-order valence-electron chi connectivity index (χ2n) is 5.67. The summed E-state index contributed by atoms with van der Waals surface area (Å²) in [4.78, 5) is 26.1. The van der Waals surface area contributed by atoms with E-state index in [1.165, 1.54) is 12.8 Å². The number of amides is 2. The number of imide groups is 1. The molecule has 0 N–H and O–H groups in total. The van der Waals surface area contributed by atoms with E-state index in [0.29, 0.717) is 6.42 Å². The average molecular weight is 221 g/mol. The topological polar surface area (TPSA) is 37.4 Å². The standard InChI is InChI=1S/C13H19NO2/c15-11-9-13(7-3-4-8-13)12(16)14(11)10-5-1-2-6-10/h10H,1-9H2. The number of nitrogens with zero attached hydrogens (tertiary/aromatic N) is 1. The Morgan fingerprint density at radius 2 is 1.62 bits per heavy atom. The lowest BCUT2D eigenvalue weighted by Crippen LogP contribution is -2.40. The fraction of sp³-hybridized carbons (Fsp3) is 0.846. The lowest BCUT2D eigenvalue weighted by Gasteiger charge is -2.25. The van der Waals surface area contributed by atoms with Gasteiger partial charge in [-0.2, -0.15) is 0 Å². The maximum atomic E-state index is 12.4. The number of carbonyl (C=O) groups is 2. The van der Waals surface area contributed by atoms with Crippen molar-refractivity contribution in [3.63, 3.8) is 0 Å². The van der Waals surface area contributed by atoms with E-state index in [1.807, 2.05) is 0 Å². The molecule has 1 aliphatic heterocycles. The quantitative estimate of drug-likeness (QED) is 0.637. The zero-order valence-electron chi connectivity index (χ0n) is 9.71. The molecule has 3 rings (SSSR count). The Kier molecular flexibility index (Phi) is 2.30. The van der Waals surface area contributed by atoms with Gasteiger partial charge in [0.2, 0.25) is 11.8 Å². The van der Waals surface area contributed by atoms with Crippen molar-refractivity contribution < 1.29 is 9.59 Å². The van der Waals surface area contributed by atoms with Crippen molar-refractivity contribution in [3.8, 4) is 0 Å². The third-order valence-electron chi connectivity index (χ3n) is 4.68. The summed E-state index contributed by atoms with van der Waals surface area (Å²) < 4.78 is 0. The van der Waals surface area contributed by atoms with Crippen LogP contribution in [-0.2, 0) is 9.59 Å². The van der Waals surface area contributed by atoms with E-state index < -0.39 is 0 Å². The predicted molar refractivity (Wildman–Crippen MR) is 59.6 cm³/mol. The summed E-state index contributed by atoms with van der Waals surface area (Å²) in [6, 6.07) is 0.236. The smallest absolute Gasteiger partial charge is 0.236 e. The molecule has 0 aromatic rings. The van der Waals surface area contributed by atoms with Crippen LogP contribution >= 0.6 is 0 Å². The fourth-order valence-corrected chi connectivity index (χ4v) is 3.79. The average Bonchev–Trinajstić information content (AvgIpc) is 2.92. The van der Waals surface area contributed by atoms with Crippen molar-refractivity contribution in [2.45, 2.75) is 63.8 Å². The van der Waals surface area contributed by atoms with Crippen LogP contribution in [0.1, 0.15) is 57.8 Å². The first kappa shape index (κ1) is 10.3. The molecule has 2 saturated carbocycles. The van der Waals surface area contributed by atoms with Crippen molar-refractivity contribution >= 4 is 11.8 Å². The van der Waals surface area contributed by atoms with Gasteiger partial charge in [0.15, 0.2) is 0 Å². The molecule has 3 nitrogen and oxygen atoms in total. The highest BCUT2D eigenvalue weighted by atomic mass is 16.2. The van der Waals surface area contributed by atoms with Crippen molar-refractivity contribution in [3.05, 3.63) is 0 Å². The Labute approximate surface area is 96.2 Å². The van der Waals surface area contributed by atoms with Crippen LogP contribution in [0.3, 0.4) is 0 Å². The highest BCUT2D eigenvalue weighted by Crippen LogP contribution is 2.48. The van der Waals surface area contributed by atoms with Gasteiger partial charge in [-0.3, -0.25) is 14.5 Å². The molecule has 2 amide bonds. The second kappa shape index (κ2) is 3.57. The predicted octanol–water partition coefficient (Wildman–Crippen LogP) is 2.25. The third kappa shape index (κ3) is 1.33. The normalized spacial score (nSPS) is 29.9. The molecule has 1 spiro atoms. The van der Waals surface area contributed by atoms with Gasteiger partial charge in [-0.1, -0.05) is 25.7 Å². The van der Waals surface area contributed by atoms with E-state index in [-0.39, 0.29) is 23.3 Å². The van der Waals surface area contributed by atoms with E-state index in [1.54, 1.807) is 4.90 Å². The molecular formula is C13H19NO2. The molecule has 1 saturated heterocycles. The molecule has 1 heterocycles. The number of hydrogen-bond acceptors (Lipinski definition) is 2. The molecule has 0 radical (unpaired) electrons. The molecule has 88 valence electrons. The Morgan fingerprint density at radius 1 is 1.00 bits per heavy atom. The molecule has 0 aromatic carbocycles. The van der Waals surface area contributed by atoms with Gasteiger partial charge >= 0.3 is 0 Å². The van der Waals surface area contributed by atoms with E-state index >= 15 is 0 Å². The van der Waals surface area contributed by atoms with Crippen LogP contribution in [0.25, 0.3) is 0 Å². The van der Waals surface area contributed by atoms with Crippen molar-refractivity contribution in [1.82, 2.24) is 4.90 Å². The van der Waals surface area contributed by atoms with Crippen molar-refractivity contribution in [2.24, 2.45) is 5.41 Å². The fourth-order valence-electron chi connectivity index (χ4n) is 3.79. The van der Waals surface area contributed by atoms with Gasteiger partial charge in [-0.05, 0) is 25.7 Å². The Bertz CT molecular complexity index is 325. The lowest BCUT2D eigenvalue weighted by atomic mass is 9.84. The van der Waals surface area contributed by atoms with Gasteiger partial charge in [-0.25, -0.2) is 0 Å². The van der Waals surface area contributed by atoms with Crippen LogP contribution in [0.4, 0.5) is 0 Å². The summed E-state index contributed by atoms with van der Waals surface area (Å²) in [6.45, 7) is 0. The van der Waals surface area contributed by atoms with Gasteiger partial charge in [0, 0.05) is 12.5 Å². The summed E-state index contributed by atoms with van der Waals surface area (Å²) in [7, 11) is 0. The Balaban J connectivity index is 1.84. The first-order valence-corrected chi connectivity index (χ1v) is 6.59. The van der Waals surface area contributed by atoms with Gasteiger partial charge in [0.05, 0.1) is 5.41 Å². The lowest BCUT2D eigenvalue weighted by molar-refractivity contribution is -0.143. The molecule has 3 aliphatic rings. The highest BCUT2D eigenvalue weighted by molar-refractivity contribution is 6.06. The first-order valence-electron chi connectivity index (χ1n) is 6.59. The van der Waals surface area contributed by atoms with Crippen LogP contribution in [0, 0.1) is 5.41 Å². The second-order valence-corrected chi connectivity index (χ2v) is 5.67. The monoisotopic (exact) mass is 221 g/mol. The van der Waals surface area contributed by atoms with Crippen LogP contribution in [-0.4, -0.2) is 22.8 Å². The number of hydrogen-bond donors (Lipinski definition) is 0. The van der Waals surface area contributed by atoms with Crippen LogP contribution < -0.4 is 0 Å². The molecule has 0 atom stereocenters. The van der Waals surface area contributed by atoms with E-state index in [4.69, 9.17) is 0 Å². The van der Waals surface area contributed by atoms with E-state index in [2.05, 4.69) is 0 Å². The first-order chi connectivity index (χ1) is 7.73. The van der Waals surface area contributed by atoms with Crippen molar-refractivity contribution in [2.75, 3.05) is 0 Å².